The number of nitrogens with one attached hydrogen (secondary N) is 1. The summed E-state index contributed by atoms with van der Waals surface area (Å²) in [6.07, 6.45) is 0. The molecule has 2 heterocycles. The van der Waals surface area contributed by atoms with Crippen molar-refractivity contribution in [3.8, 4) is 17.1 Å². The van der Waals surface area contributed by atoms with Crippen LogP contribution in [-0.2, 0) is 0 Å². The molecule has 0 aliphatic heterocycles. The molecule has 3 aromatic rings. The SMILES string of the molecule is CCNc1nc(-c2ccc(OC)cc2)nc2sccc12. The van der Waals surface area contributed by atoms with Crippen LogP contribution in [0.4, 0.5) is 5.82 Å². The Hall–Kier alpha value is -2.14. The number of methoxy groups -OCH3 is 1. The second-order valence-corrected chi connectivity index (χ2v) is 5.19. The number of fused-ring (bicyclic) bond motifs is 1. The van der Waals surface area contributed by atoms with Gasteiger partial charge in [0.1, 0.15) is 16.4 Å². The van der Waals surface area contributed by atoms with E-state index >= 15 is 0 Å². The second-order valence-electron chi connectivity index (χ2n) is 4.29. The van der Waals surface area contributed by atoms with Gasteiger partial charge in [-0.15, -0.1) is 11.3 Å². The van der Waals surface area contributed by atoms with Gasteiger partial charge in [-0.1, -0.05) is 0 Å². The molecule has 0 fully saturated rings. The molecule has 0 saturated heterocycles. The fraction of sp³-hybridized carbons (Fsp3) is 0.200. The highest BCUT2D eigenvalue weighted by atomic mass is 32.1. The van der Waals surface area contributed by atoms with Gasteiger partial charge < -0.3 is 10.1 Å². The lowest BCUT2D eigenvalue weighted by Gasteiger charge is -2.07. The fourth-order valence-corrected chi connectivity index (χ4v) is 2.79. The zero-order valence-electron chi connectivity index (χ0n) is 11.4. The summed E-state index contributed by atoms with van der Waals surface area (Å²) in [6.45, 7) is 2.90. The largest absolute Gasteiger partial charge is 0.497 e. The Morgan fingerprint density at radius 3 is 2.65 bits per heavy atom. The fourth-order valence-electron chi connectivity index (χ4n) is 2.03. The van der Waals surface area contributed by atoms with Gasteiger partial charge in [0.25, 0.3) is 0 Å². The quantitative estimate of drug-likeness (QED) is 0.792. The van der Waals surface area contributed by atoms with Gasteiger partial charge in [-0.05, 0) is 42.6 Å². The van der Waals surface area contributed by atoms with Crippen molar-refractivity contribution in [3.63, 3.8) is 0 Å². The minimum absolute atomic E-state index is 0.735. The van der Waals surface area contributed by atoms with Crippen molar-refractivity contribution in [1.82, 2.24) is 9.97 Å². The molecule has 0 amide bonds. The molecule has 1 N–H and O–H groups in total. The molecule has 2 aromatic heterocycles. The maximum absolute atomic E-state index is 5.17. The molecule has 0 spiro atoms. The van der Waals surface area contributed by atoms with Crippen LogP contribution < -0.4 is 10.1 Å². The van der Waals surface area contributed by atoms with E-state index in [1.807, 2.05) is 29.6 Å². The summed E-state index contributed by atoms with van der Waals surface area (Å²) in [6, 6.07) is 9.84. The van der Waals surface area contributed by atoms with Crippen LogP contribution in [0, 0.1) is 0 Å². The first-order valence-electron chi connectivity index (χ1n) is 6.45. The van der Waals surface area contributed by atoms with Gasteiger partial charge >= 0.3 is 0 Å². The molecule has 0 saturated carbocycles. The van der Waals surface area contributed by atoms with Crippen LogP contribution in [0.1, 0.15) is 6.92 Å². The van der Waals surface area contributed by atoms with Gasteiger partial charge in [-0.3, -0.25) is 0 Å². The maximum Gasteiger partial charge on any atom is 0.163 e. The summed E-state index contributed by atoms with van der Waals surface area (Å²) in [5, 5.41) is 6.42. The molecule has 0 radical (unpaired) electrons. The normalized spacial score (nSPS) is 10.7. The molecule has 5 heteroatoms. The van der Waals surface area contributed by atoms with Crippen LogP contribution in [-0.4, -0.2) is 23.6 Å². The Morgan fingerprint density at radius 1 is 1.15 bits per heavy atom. The van der Waals surface area contributed by atoms with Crippen molar-refractivity contribution >= 4 is 27.4 Å². The third-order valence-electron chi connectivity index (χ3n) is 3.02. The lowest BCUT2D eigenvalue weighted by Crippen LogP contribution is -2.01. The van der Waals surface area contributed by atoms with Crippen LogP contribution in [0.15, 0.2) is 35.7 Å². The van der Waals surface area contributed by atoms with Crippen molar-refractivity contribution < 1.29 is 4.74 Å². The summed E-state index contributed by atoms with van der Waals surface area (Å²) >= 11 is 1.63. The Labute approximate surface area is 121 Å². The number of hydrogen-bond acceptors (Lipinski definition) is 5. The van der Waals surface area contributed by atoms with E-state index in [2.05, 4.69) is 28.3 Å². The summed E-state index contributed by atoms with van der Waals surface area (Å²) in [5.74, 6) is 2.46. The average Bonchev–Trinajstić information content (AvgIpc) is 2.96. The van der Waals surface area contributed by atoms with Gasteiger partial charge in [-0.2, -0.15) is 0 Å². The number of hydrogen-bond donors (Lipinski definition) is 1. The van der Waals surface area contributed by atoms with E-state index in [9.17, 15) is 0 Å². The first-order valence-corrected chi connectivity index (χ1v) is 7.33. The van der Waals surface area contributed by atoms with Crippen molar-refractivity contribution in [2.45, 2.75) is 6.92 Å². The van der Waals surface area contributed by atoms with Gasteiger partial charge in [0.15, 0.2) is 5.82 Å². The zero-order chi connectivity index (χ0) is 13.9. The van der Waals surface area contributed by atoms with Gasteiger partial charge in [0.2, 0.25) is 0 Å². The molecular formula is C15H15N3OS. The molecule has 0 aliphatic rings. The minimum atomic E-state index is 0.735. The molecule has 20 heavy (non-hydrogen) atoms. The van der Waals surface area contributed by atoms with Crippen LogP contribution >= 0.6 is 11.3 Å². The molecule has 1 aromatic carbocycles. The van der Waals surface area contributed by atoms with Crippen LogP contribution in [0.3, 0.4) is 0 Å². The Balaban J connectivity index is 2.09. The topological polar surface area (TPSA) is 47.0 Å². The summed E-state index contributed by atoms with van der Waals surface area (Å²) < 4.78 is 5.17. The van der Waals surface area contributed by atoms with Crippen molar-refractivity contribution in [2.75, 3.05) is 19.0 Å². The second kappa shape index (κ2) is 5.46. The van der Waals surface area contributed by atoms with Crippen LogP contribution in [0.2, 0.25) is 0 Å². The molecule has 0 atom stereocenters. The number of rotatable bonds is 4. The number of anilines is 1. The van der Waals surface area contributed by atoms with E-state index in [4.69, 9.17) is 4.74 Å². The lowest BCUT2D eigenvalue weighted by molar-refractivity contribution is 0.415. The van der Waals surface area contributed by atoms with Crippen molar-refractivity contribution in [3.05, 3.63) is 35.7 Å². The first kappa shape index (κ1) is 12.9. The van der Waals surface area contributed by atoms with E-state index < -0.39 is 0 Å². The smallest absolute Gasteiger partial charge is 0.163 e. The molecule has 4 nitrogen and oxygen atoms in total. The predicted octanol–water partition coefficient (Wildman–Crippen LogP) is 3.80. The summed E-state index contributed by atoms with van der Waals surface area (Å²) in [5.41, 5.74) is 0.986. The number of aromatic nitrogens is 2. The van der Waals surface area contributed by atoms with Crippen LogP contribution in [0.25, 0.3) is 21.6 Å². The van der Waals surface area contributed by atoms with E-state index in [1.165, 1.54) is 0 Å². The number of ether oxygens (including phenoxy) is 1. The van der Waals surface area contributed by atoms with Gasteiger partial charge in [-0.25, -0.2) is 9.97 Å². The minimum Gasteiger partial charge on any atom is -0.497 e. The van der Waals surface area contributed by atoms with E-state index in [-0.39, 0.29) is 0 Å². The molecule has 102 valence electrons. The highest BCUT2D eigenvalue weighted by Gasteiger charge is 2.09. The maximum atomic E-state index is 5.17. The van der Waals surface area contributed by atoms with E-state index in [1.54, 1.807) is 18.4 Å². The highest BCUT2D eigenvalue weighted by Crippen LogP contribution is 2.28. The van der Waals surface area contributed by atoms with Crippen molar-refractivity contribution in [1.29, 1.82) is 0 Å². The number of thiophene rings is 1. The zero-order valence-corrected chi connectivity index (χ0v) is 12.2. The first-order chi connectivity index (χ1) is 9.81. The molecular weight excluding hydrogens is 270 g/mol. The lowest BCUT2D eigenvalue weighted by atomic mass is 10.2. The summed E-state index contributed by atoms with van der Waals surface area (Å²) in [4.78, 5) is 10.3. The molecule has 0 aliphatic carbocycles. The van der Waals surface area contributed by atoms with Gasteiger partial charge in [0.05, 0.1) is 12.5 Å². The van der Waals surface area contributed by atoms with Crippen LogP contribution in [0.5, 0.6) is 5.75 Å². The third-order valence-corrected chi connectivity index (χ3v) is 3.82. The monoisotopic (exact) mass is 285 g/mol. The third kappa shape index (κ3) is 2.32. The Morgan fingerprint density at radius 2 is 1.95 bits per heavy atom. The Bertz CT molecular complexity index is 722. The van der Waals surface area contributed by atoms with E-state index in [0.29, 0.717) is 0 Å². The van der Waals surface area contributed by atoms with Crippen molar-refractivity contribution in [2.24, 2.45) is 0 Å². The van der Waals surface area contributed by atoms with Gasteiger partial charge in [0, 0.05) is 12.1 Å². The highest BCUT2D eigenvalue weighted by molar-refractivity contribution is 7.16. The summed E-state index contributed by atoms with van der Waals surface area (Å²) in [7, 11) is 1.66. The number of nitrogens with zero attached hydrogens (tertiary/aromatic N) is 2. The standard InChI is InChI=1S/C15H15N3OS/c1-3-16-14-12-8-9-20-15(12)18-13(17-14)10-4-6-11(19-2)7-5-10/h4-9H,3H2,1-2H3,(H,16,17,18). The molecule has 0 unspecified atom stereocenters. The predicted molar refractivity (Wildman–Crippen MR) is 83.6 cm³/mol. The average molecular weight is 285 g/mol. The van der Waals surface area contributed by atoms with E-state index in [0.717, 1.165) is 39.7 Å². The number of benzene rings is 1. The molecule has 3 rings (SSSR count). The Kier molecular flexibility index (Phi) is 3.52. The molecule has 0 bridgehead atoms.